The van der Waals surface area contributed by atoms with Gasteiger partial charge in [0, 0.05) is 68.3 Å². The SMILES string of the molecule is Cn1cc(-c2ccc(-c3cncc4ccc(C(=O)N5CCNCC5)nc34)cc2)cn1. The molecule has 3 aromatic heterocycles. The summed E-state index contributed by atoms with van der Waals surface area (Å²) < 4.78 is 1.79. The highest BCUT2D eigenvalue weighted by Gasteiger charge is 2.20. The highest BCUT2D eigenvalue weighted by atomic mass is 16.2. The highest BCUT2D eigenvalue weighted by Crippen LogP contribution is 2.29. The number of nitrogens with zero attached hydrogens (tertiary/aromatic N) is 5. The molecule has 1 aliphatic rings. The number of piperazine rings is 1. The maximum absolute atomic E-state index is 12.9. The normalized spacial score (nSPS) is 14.2. The van der Waals surface area contributed by atoms with Crippen molar-refractivity contribution >= 4 is 16.8 Å². The summed E-state index contributed by atoms with van der Waals surface area (Å²) in [5.74, 6) is -0.0203. The lowest BCUT2D eigenvalue weighted by Crippen LogP contribution is -2.46. The molecule has 1 aliphatic heterocycles. The van der Waals surface area contributed by atoms with Crippen LogP contribution in [0.5, 0.6) is 0 Å². The maximum Gasteiger partial charge on any atom is 0.272 e. The predicted molar refractivity (Wildman–Crippen MR) is 116 cm³/mol. The van der Waals surface area contributed by atoms with Gasteiger partial charge in [0.2, 0.25) is 0 Å². The lowest BCUT2D eigenvalue weighted by molar-refractivity contribution is 0.0730. The number of pyridine rings is 2. The van der Waals surface area contributed by atoms with Crippen LogP contribution >= 0.6 is 0 Å². The quantitative estimate of drug-likeness (QED) is 0.574. The third-order valence-corrected chi connectivity index (χ3v) is 5.46. The van der Waals surface area contributed by atoms with Gasteiger partial charge in [-0.3, -0.25) is 14.5 Å². The molecular weight excluding hydrogens is 376 g/mol. The Kier molecular flexibility index (Phi) is 4.72. The molecule has 0 saturated carbocycles. The van der Waals surface area contributed by atoms with Crippen LogP contribution in [0, 0.1) is 0 Å². The lowest BCUT2D eigenvalue weighted by Gasteiger charge is -2.27. The summed E-state index contributed by atoms with van der Waals surface area (Å²) in [4.78, 5) is 23.9. The molecule has 0 atom stereocenters. The number of amides is 1. The Labute approximate surface area is 174 Å². The molecule has 1 saturated heterocycles. The summed E-state index contributed by atoms with van der Waals surface area (Å²) in [6, 6.07) is 12.0. The Bertz CT molecular complexity index is 1210. The molecule has 0 aliphatic carbocycles. The minimum atomic E-state index is -0.0203. The third kappa shape index (κ3) is 3.44. The van der Waals surface area contributed by atoms with E-state index in [0.29, 0.717) is 18.8 Å². The molecule has 4 heterocycles. The van der Waals surface area contributed by atoms with Crippen molar-refractivity contribution in [2.45, 2.75) is 0 Å². The number of hydrogen-bond donors (Lipinski definition) is 1. The van der Waals surface area contributed by atoms with Crippen LogP contribution < -0.4 is 5.32 Å². The first kappa shape index (κ1) is 18.4. The molecule has 30 heavy (non-hydrogen) atoms. The highest BCUT2D eigenvalue weighted by molar-refractivity contribution is 5.98. The Morgan fingerprint density at radius 3 is 2.43 bits per heavy atom. The van der Waals surface area contributed by atoms with Gasteiger partial charge < -0.3 is 10.2 Å². The number of nitrogens with one attached hydrogen (secondary N) is 1. The Morgan fingerprint density at radius 2 is 1.70 bits per heavy atom. The first-order valence-corrected chi connectivity index (χ1v) is 10.0. The minimum absolute atomic E-state index is 0.0203. The van der Waals surface area contributed by atoms with E-state index >= 15 is 0 Å². The van der Waals surface area contributed by atoms with Gasteiger partial charge in [-0.15, -0.1) is 0 Å². The first-order chi connectivity index (χ1) is 14.7. The van der Waals surface area contributed by atoms with Gasteiger partial charge in [-0.25, -0.2) is 4.98 Å². The first-order valence-electron chi connectivity index (χ1n) is 10.0. The number of carbonyl (C=O) groups excluding carboxylic acids is 1. The molecule has 0 unspecified atom stereocenters. The average molecular weight is 398 g/mol. The van der Waals surface area contributed by atoms with Crippen molar-refractivity contribution in [2.75, 3.05) is 26.2 Å². The van der Waals surface area contributed by atoms with Gasteiger partial charge in [-0.1, -0.05) is 24.3 Å². The van der Waals surface area contributed by atoms with E-state index in [9.17, 15) is 4.79 Å². The summed E-state index contributed by atoms with van der Waals surface area (Å²) >= 11 is 0. The van der Waals surface area contributed by atoms with Crippen LogP contribution in [0.15, 0.2) is 61.2 Å². The Morgan fingerprint density at radius 1 is 0.933 bits per heavy atom. The van der Waals surface area contributed by atoms with Gasteiger partial charge in [-0.2, -0.15) is 5.10 Å². The van der Waals surface area contributed by atoms with Crippen LogP contribution in [0.1, 0.15) is 10.5 Å². The Balaban J connectivity index is 1.51. The summed E-state index contributed by atoms with van der Waals surface area (Å²) in [5.41, 5.74) is 5.37. The van der Waals surface area contributed by atoms with Gasteiger partial charge in [-0.05, 0) is 23.3 Å². The summed E-state index contributed by atoms with van der Waals surface area (Å²) in [6.45, 7) is 3.05. The zero-order valence-corrected chi connectivity index (χ0v) is 16.7. The number of carbonyl (C=O) groups is 1. The fourth-order valence-corrected chi connectivity index (χ4v) is 3.82. The van der Waals surface area contributed by atoms with E-state index in [1.165, 1.54) is 0 Å². The number of hydrogen-bond acceptors (Lipinski definition) is 5. The van der Waals surface area contributed by atoms with Crippen molar-refractivity contribution in [3.63, 3.8) is 0 Å². The minimum Gasteiger partial charge on any atom is -0.335 e. The van der Waals surface area contributed by atoms with Gasteiger partial charge in [0.15, 0.2) is 0 Å². The summed E-state index contributed by atoms with van der Waals surface area (Å²) in [7, 11) is 1.91. The molecule has 1 aromatic carbocycles. The van der Waals surface area contributed by atoms with Crippen LogP contribution in [0.4, 0.5) is 0 Å². The van der Waals surface area contributed by atoms with E-state index in [1.807, 2.05) is 36.6 Å². The molecule has 5 rings (SSSR count). The van der Waals surface area contributed by atoms with Gasteiger partial charge in [0.25, 0.3) is 5.91 Å². The second-order valence-corrected chi connectivity index (χ2v) is 7.48. The van der Waals surface area contributed by atoms with Gasteiger partial charge >= 0.3 is 0 Å². The molecule has 0 spiro atoms. The molecule has 4 aromatic rings. The summed E-state index contributed by atoms with van der Waals surface area (Å²) in [5, 5.41) is 8.42. The molecule has 7 nitrogen and oxygen atoms in total. The van der Waals surface area contributed by atoms with E-state index in [1.54, 1.807) is 16.9 Å². The largest absolute Gasteiger partial charge is 0.335 e. The number of rotatable bonds is 3. The van der Waals surface area contributed by atoms with Crippen molar-refractivity contribution < 1.29 is 4.79 Å². The molecular formula is C23H22N6O. The van der Waals surface area contributed by atoms with Gasteiger partial charge in [0.1, 0.15) is 5.69 Å². The topological polar surface area (TPSA) is 75.9 Å². The predicted octanol–water partition coefficient (Wildman–Crippen LogP) is 2.74. The average Bonchev–Trinajstić information content (AvgIpc) is 3.25. The fraction of sp³-hybridized carbons (Fsp3) is 0.217. The number of aromatic nitrogens is 4. The second kappa shape index (κ2) is 7.68. The second-order valence-electron chi connectivity index (χ2n) is 7.48. The van der Waals surface area contributed by atoms with Crippen LogP contribution in [0.3, 0.4) is 0 Å². The van der Waals surface area contributed by atoms with Crippen molar-refractivity contribution in [3.8, 4) is 22.3 Å². The van der Waals surface area contributed by atoms with Gasteiger partial charge in [0.05, 0.1) is 11.7 Å². The monoisotopic (exact) mass is 398 g/mol. The maximum atomic E-state index is 12.9. The number of aryl methyl sites for hydroxylation is 1. The van der Waals surface area contributed by atoms with Crippen molar-refractivity contribution in [3.05, 3.63) is 66.9 Å². The fourth-order valence-electron chi connectivity index (χ4n) is 3.82. The Hall–Kier alpha value is -3.58. The van der Waals surface area contributed by atoms with E-state index in [0.717, 1.165) is 46.2 Å². The molecule has 0 radical (unpaired) electrons. The van der Waals surface area contributed by atoms with E-state index in [4.69, 9.17) is 4.98 Å². The summed E-state index contributed by atoms with van der Waals surface area (Å²) in [6.07, 6.45) is 7.44. The van der Waals surface area contributed by atoms with Crippen LogP contribution in [0.25, 0.3) is 33.2 Å². The molecule has 1 N–H and O–H groups in total. The van der Waals surface area contributed by atoms with Crippen LogP contribution in [0.2, 0.25) is 0 Å². The van der Waals surface area contributed by atoms with E-state index in [-0.39, 0.29) is 5.91 Å². The molecule has 7 heteroatoms. The van der Waals surface area contributed by atoms with Crippen molar-refractivity contribution in [2.24, 2.45) is 7.05 Å². The molecule has 1 fully saturated rings. The zero-order chi connectivity index (χ0) is 20.5. The van der Waals surface area contributed by atoms with Crippen molar-refractivity contribution in [1.29, 1.82) is 0 Å². The molecule has 0 bridgehead atoms. The van der Waals surface area contributed by atoms with Crippen LogP contribution in [-0.2, 0) is 7.05 Å². The van der Waals surface area contributed by atoms with Crippen molar-refractivity contribution in [1.82, 2.24) is 30.0 Å². The standard InChI is InChI=1S/C23H22N6O/c1-28-15-19(13-26-28)16-2-4-17(5-3-16)20-14-25-12-18-6-7-21(27-22(18)20)23(30)29-10-8-24-9-11-29/h2-7,12-15,24H,8-11H2,1H3. The third-order valence-electron chi connectivity index (χ3n) is 5.46. The van der Waals surface area contributed by atoms with Crippen LogP contribution in [-0.4, -0.2) is 56.7 Å². The van der Waals surface area contributed by atoms with E-state index < -0.39 is 0 Å². The lowest BCUT2D eigenvalue weighted by atomic mass is 10.0. The molecule has 150 valence electrons. The van der Waals surface area contributed by atoms with E-state index in [2.05, 4.69) is 39.7 Å². The number of benzene rings is 1. The molecule has 1 amide bonds. The number of fused-ring (bicyclic) bond motifs is 1. The zero-order valence-electron chi connectivity index (χ0n) is 16.7. The smallest absolute Gasteiger partial charge is 0.272 e.